The number of ether oxygens (including phenoxy) is 1. The van der Waals surface area contributed by atoms with E-state index in [0.717, 1.165) is 42.3 Å². The highest BCUT2D eigenvalue weighted by atomic mass is 16.5. The Morgan fingerprint density at radius 3 is 3.14 bits per heavy atom. The van der Waals surface area contributed by atoms with Gasteiger partial charge < -0.3 is 15.6 Å². The number of nitrogens with zero attached hydrogens (tertiary/aromatic N) is 1. The molecule has 2 unspecified atom stereocenters. The molecule has 1 saturated carbocycles. The smallest absolute Gasteiger partial charge is 0.121 e. The molecule has 1 aromatic heterocycles. The van der Waals surface area contributed by atoms with Crippen molar-refractivity contribution >= 4 is 10.9 Å². The van der Waals surface area contributed by atoms with Gasteiger partial charge >= 0.3 is 0 Å². The molecule has 0 radical (unpaired) electrons. The normalized spacial score (nSPS) is 25.3. The molecular formula is C17H22N2O2. The lowest BCUT2D eigenvalue weighted by Gasteiger charge is -2.28. The Balaban J connectivity index is 1.59. The molecule has 1 aliphatic carbocycles. The summed E-state index contributed by atoms with van der Waals surface area (Å²) in [6.07, 6.45) is 5.53. The Hall–Kier alpha value is -1.65. The van der Waals surface area contributed by atoms with Crippen LogP contribution in [-0.2, 0) is 0 Å². The number of pyridine rings is 1. The minimum atomic E-state index is -0.686. The molecule has 112 valence electrons. The molecule has 4 heteroatoms. The third kappa shape index (κ3) is 3.01. The average Bonchev–Trinajstić information content (AvgIpc) is 2.89. The Labute approximate surface area is 124 Å². The summed E-state index contributed by atoms with van der Waals surface area (Å²) < 4.78 is 5.82. The molecule has 1 heterocycles. The zero-order valence-corrected chi connectivity index (χ0v) is 12.2. The molecule has 2 atom stereocenters. The van der Waals surface area contributed by atoms with Gasteiger partial charge in [0.2, 0.25) is 0 Å². The molecule has 0 saturated heterocycles. The fourth-order valence-electron chi connectivity index (χ4n) is 3.26. The van der Waals surface area contributed by atoms with E-state index >= 15 is 0 Å². The molecule has 0 spiro atoms. The summed E-state index contributed by atoms with van der Waals surface area (Å²) in [4.78, 5) is 4.33. The van der Waals surface area contributed by atoms with Crippen molar-refractivity contribution in [1.82, 2.24) is 4.98 Å². The number of fused-ring (bicyclic) bond motifs is 1. The second-order valence-electron chi connectivity index (χ2n) is 5.89. The molecule has 21 heavy (non-hydrogen) atoms. The first kappa shape index (κ1) is 14.3. The number of rotatable bonds is 5. The number of hydrogen-bond acceptors (Lipinski definition) is 4. The Kier molecular flexibility index (Phi) is 4.08. The van der Waals surface area contributed by atoms with Crippen molar-refractivity contribution in [3.8, 4) is 5.75 Å². The quantitative estimate of drug-likeness (QED) is 0.886. The topological polar surface area (TPSA) is 68.4 Å². The van der Waals surface area contributed by atoms with Crippen LogP contribution in [0, 0.1) is 5.92 Å². The van der Waals surface area contributed by atoms with Gasteiger partial charge in [0.1, 0.15) is 5.75 Å². The van der Waals surface area contributed by atoms with Crippen molar-refractivity contribution < 1.29 is 9.84 Å². The molecule has 0 amide bonds. The van der Waals surface area contributed by atoms with Gasteiger partial charge in [-0.25, -0.2) is 0 Å². The first-order chi connectivity index (χ1) is 10.2. The average molecular weight is 286 g/mol. The van der Waals surface area contributed by atoms with Crippen LogP contribution < -0.4 is 10.5 Å². The molecule has 1 aromatic carbocycles. The predicted molar refractivity (Wildman–Crippen MR) is 83.2 cm³/mol. The molecule has 1 aliphatic rings. The molecule has 0 aliphatic heterocycles. The minimum Gasteiger partial charge on any atom is -0.494 e. The summed E-state index contributed by atoms with van der Waals surface area (Å²) in [6.45, 7) is 0.947. The zero-order chi connectivity index (χ0) is 14.7. The van der Waals surface area contributed by atoms with Gasteiger partial charge in [0.15, 0.2) is 0 Å². The van der Waals surface area contributed by atoms with E-state index < -0.39 is 5.60 Å². The molecular weight excluding hydrogens is 264 g/mol. The second-order valence-corrected chi connectivity index (χ2v) is 5.89. The minimum absolute atomic E-state index is 0.251. The van der Waals surface area contributed by atoms with Crippen molar-refractivity contribution in [2.45, 2.75) is 31.3 Å². The molecule has 0 bridgehead atoms. The van der Waals surface area contributed by atoms with Crippen LogP contribution in [0.3, 0.4) is 0 Å². The van der Waals surface area contributed by atoms with Crippen LogP contribution in [-0.4, -0.2) is 28.8 Å². The highest BCUT2D eigenvalue weighted by Gasteiger charge is 2.39. The monoisotopic (exact) mass is 286 g/mol. The Bertz CT molecular complexity index is 617. The molecule has 2 aromatic rings. The van der Waals surface area contributed by atoms with Crippen LogP contribution in [0.5, 0.6) is 5.75 Å². The maximum Gasteiger partial charge on any atom is 0.121 e. The first-order valence-corrected chi connectivity index (χ1v) is 7.61. The molecule has 3 rings (SSSR count). The lowest BCUT2D eigenvalue weighted by atomic mass is 9.88. The fourth-order valence-corrected chi connectivity index (χ4v) is 3.26. The van der Waals surface area contributed by atoms with Crippen molar-refractivity contribution in [2.24, 2.45) is 11.7 Å². The highest BCUT2D eigenvalue weighted by molar-refractivity contribution is 5.79. The van der Waals surface area contributed by atoms with Crippen LogP contribution in [0.15, 0.2) is 36.5 Å². The standard InChI is InChI=1S/C17H22N2O2/c18-12-17(20)8-1-4-14(17)7-10-21-15-6-5-13-3-2-9-19-16(13)11-15/h2-3,5-6,9,11,14,20H,1,4,7-8,10,12,18H2. The maximum absolute atomic E-state index is 10.4. The van der Waals surface area contributed by atoms with E-state index in [2.05, 4.69) is 4.98 Å². The van der Waals surface area contributed by atoms with Crippen LogP contribution >= 0.6 is 0 Å². The van der Waals surface area contributed by atoms with Gasteiger partial charge in [0, 0.05) is 24.2 Å². The second kappa shape index (κ2) is 6.00. The van der Waals surface area contributed by atoms with Gasteiger partial charge in [0.25, 0.3) is 0 Å². The lowest BCUT2D eigenvalue weighted by molar-refractivity contribution is 0.00355. The maximum atomic E-state index is 10.4. The van der Waals surface area contributed by atoms with E-state index in [0.29, 0.717) is 13.2 Å². The summed E-state index contributed by atoms with van der Waals surface area (Å²) >= 11 is 0. The van der Waals surface area contributed by atoms with Gasteiger partial charge in [-0.05, 0) is 43.4 Å². The lowest BCUT2D eigenvalue weighted by Crippen LogP contribution is -2.41. The number of benzene rings is 1. The van der Waals surface area contributed by atoms with Crippen molar-refractivity contribution in [2.75, 3.05) is 13.2 Å². The van der Waals surface area contributed by atoms with Gasteiger partial charge in [-0.1, -0.05) is 12.5 Å². The van der Waals surface area contributed by atoms with Gasteiger partial charge in [-0.15, -0.1) is 0 Å². The summed E-state index contributed by atoms with van der Waals surface area (Å²) in [7, 11) is 0. The Morgan fingerprint density at radius 2 is 2.29 bits per heavy atom. The van der Waals surface area contributed by atoms with E-state index in [-0.39, 0.29) is 5.92 Å². The predicted octanol–water partition coefficient (Wildman–Crippen LogP) is 2.49. The van der Waals surface area contributed by atoms with Gasteiger partial charge in [-0.2, -0.15) is 0 Å². The van der Waals surface area contributed by atoms with E-state index in [1.165, 1.54) is 0 Å². The van der Waals surface area contributed by atoms with E-state index in [1.807, 2.05) is 30.3 Å². The number of hydrogen-bond donors (Lipinski definition) is 2. The third-order valence-corrected chi connectivity index (χ3v) is 4.59. The zero-order valence-electron chi connectivity index (χ0n) is 12.2. The van der Waals surface area contributed by atoms with Crippen LogP contribution in [0.2, 0.25) is 0 Å². The van der Waals surface area contributed by atoms with Gasteiger partial charge in [0.05, 0.1) is 17.7 Å². The van der Waals surface area contributed by atoms with Crippen LogP contribution in [0.1, 0.15) is 25.7 Å². The largest absolute Gasteiger partial charge is 0.494 e. The van der Waals surface area contributed by atoms with Crippen LogP contribution in [0.4, 0.5) is 0 Å². The van der Waals surface area contributed by atoms with Crippen LogP contribution in [0.25, 0.3) is 10.9 Å². The van der Waals surface area contributed by atoms with E-state index in [4.69, 9.17) is 10.5 Å². The number of aromatic nitrogens is 1. The van der Waals surface area contributed by atoms with Gasteiger partial charge in [-0.3, -0.25) is 4.98 Å². The molecule has 4 nitrogen and oxygen atoms in total. The number of aliphatic hydroxyl groups is 1. The fraction of sp³-hybridized carbons (Fsp3) is 0.471. The van der Waals surface area contributed by atoms with E-state index in [1.54, 1.807) is 6.20 Å². The van der Waals surface area contributed by atoms with Crippen molar-refractivity contribution in [3.05, 3.63) is 36.5 Å². The number of nitrogens with two attached hydrogens (primary N) is 1. The highest BCUT2D eigenvalue weighted by Crippen LogP contribution is 2.37. The molecule has 3 N–H and O–H groups in total. The summed E-state index contributed by atoms with van der Waals surface area (Å²) in [5.74, 6) is 1.08. The SMILES string of the molecule is NCC1(O)CCCC1CCOc1ccc2cccnc2c1. The third-order valence-electron chi connectivity index (χ3n) is 4.59. The van der Waals surface area contributed by atoms with E-state index in [9.17, 15) is 5.11 Å². The summed E-state index contributed by atoms with van der Waals surface area (Å²) in [5, 5.41) is 11.5. The first-order valence-electron chi connectivity index (χ1n) is 7.61. The summed E-state index contributed by atoms with van der Waals surface area (Å²) in [6, 6.07) is 9.90. The summed E-state index contributed by atoms with van der Waals surface area (Å²) in [5.41, 5.74) is 5.96. The molecule has 1 fully saturated rings. The Morgan fingerprint density at radius 1 is 1.38 bits per heavy atom. The van der Waals surface area contributed by atoms with Crippen molar-refractivity contribution in [1.29, 1.82) is 0 Å². The van der Waals surface area contributed by atoms with Crippen molar-refractivity contribution in [3.63, 3.8) is 0 Å².